The van der Waals surface area contributed by atoms with Gasteiger partial charge in [-0.05, 0) is 70.6 Å². The maximum Gasteiger partial charge on any atom is 0.220 e. The molecule has 2 fully saturated rings. The molecule has 2 rings (SSSR count). The van der Waals surface area contributed by atoms with Gasteiger partial charge in [0.25, 0.3) is 0 Å². The van der Waals surface area contributed by atoms with E-state index in [0.717, 1.165) is 89.9 Å². The van der Waals surface area contributed by atoms with Crippen molar-refractivity contribution in [3.63, 3.8) is 0 Å². The highest BCUT2D eigenvalue weighted by Crippen LogP contribution is 2.30. The van der Waals surface area contributed by atoms with Crippen LogP contribution in [0, 0.1) is 0 Å². The average Bonchev–Trinajstić information content (AvgIpc) is 3.42. The van der Waals surface area contributed by atoms with E-state index in [2.05, 4.69) is 92.1 Å². The standard InChI is InChI=1S/C62H107NO13/c1-3-5-7-9-11-12-13-14-15-16-17-18-19-20-21-22-23-24-25-26-27-28-29-30-31-32-33-34-35-36-37-38-40-42-44-46-54(67)63-50(51(66)45-43-41-39-10-8-6-4-2)49-73-61-59(72)57(70)60(53(48-65)75-61)76-62-58(71)56(69)55(68)52(47-64)74-62/h5,7,11-12,14-15,17-18,20-21,23-24,43,45,50-53,55-62,64-66,68-72H,3-4,6,8-10,13,16,19,22,25-42,44,46-49H2,1-2H3,(H,63,67)/b7-5-,12-11-,15-14-,18-17-,21-20-,24-23-,45-43+. The summed E-state index contributed by atoms with van der Waals surface area (Å²) in [6, 6.07) is -0.914. The Labute approximate surface area is 459 Å². The van der Waals surface area contributed by atoms with Crippen LogP contribution in [0.25, 0.3) is 0 Å². The maximum absolute atomic E-state index is 13.2. The van der Waals surface area contributed by atoms with E-state index in [0.29, 0.717) is 6.42 Å². The predicted molar refractivity (Wildman–Crippen MR) is 304 cm³/mol. The van der Waals surface area contributed by atoms with Gasteiger partial charge in [-0.15, -0.1) is 0 Å². The number of ether oxygens (including phenoxy) is 4. The van der Waals surface area contributed by atoms with Gasteiger partial charge in [0.2, 0.25) is 5.91 Å². The van der Waals surface area contributed by atoms with Crippen LogP contribution in [-0.2, 0) is 23.7 Å². The summed E-state index contributed by atoms with van der Waals surface area (Å²) < 4.78 is 22.6. The normalized spacial score (nSPS) is 25.5. The third-order valence-electron chi connectivity index (χ3n) is 14.1. The zero-order chi connectivity index (χ0) is 55.3. The molecule has 1 amide bonds. The van der Waals surface area contributed by atoms with Crippen molar-refractivity contribution >= 4 is 5.91 Å². The van der Waals surface area contributed by atoms with E-state index in [1.54, 1.807) is 6.08 Å². The second-order valence-electron chi connectivity index (χ2n) is 20.7. The molecule has 2 saturated heterocycles. The summed E-state index contributed by atoms with van der Waals surface area (Å²) in [6.07, 6.45) is 46.8. The first kappa shape index (κ1) is 69.3. The number of aliphatic hydroxyl groups excluding tert-OH is 8. The molecule has 14 nitrogen and oxygen atoms in total. The Bertz CT molecular complexity index is 1600. The molecular weight excluding hydrogens is 967 g/mol. The number of rotatable bonds is 46. The molecule has 0 aliphatic carbocycles. The van der Waals surface area contributed by atoms with Gasteiger partial charge in [0.05, 0.1) is 32.0 Å². The second kappa shape index (κ2) is 47.0. The van der Waals surface area contributed by atoms with Crippen LogP contribution < -0.4 is 5.32 Å². The molecule has 2 aliphatic rings. The summed E-state index contributed by atoms with van der Waals surface area (Å²) in [5, 5.41) is 86.6. The number of amides is 1. The number of unbranched alkanes of at least 4 members (excludes halogenated alkanes) is 21. The summed E-state index contributed by atoms with van der Waals surface area (Å²) in [6.45, 7) is 2.60. The topological polar surface area (TPSA) is 228 Å². The van der Waals surface area contributed by atoms with Gasteiger partial charge in [-0.2, -0.15) is 0 Å². The lowest BCUT2D eigenvalue weighted by atomic mass is 9.97. The minimum Gasteiger partial charge on any atom is -0.394 e. The molecule has 0 radical (unpaired) electrons. The van der Waals surface area contributed by atoms with E-state index < -0.39 is 86.8 Å². The van der Waals surface area contributed by atoms with Crippen molar-refractivity contribution in [2.75, 3.05) is 19.8 Å². The molecule has 2 heterocycles. The first-order chi connectivity index (χ1) is 37.1. The van der Waals surface area contributed by atoms with E-state index in [1.165, 1.54) is 89.9 Å². The summed E-state index contributed by atoms with van der Waals surface area (Å²) in [4.78, 5) is 13.2. The van der Waals surface area contributed by atoms with Crippen molar-refractivity contribution < 1.29 is 64.6 Å². The highest BCUT2D eigenvalue weighted by molar-refractivity contribution is 5.76. The minimum atomic E-state index is -1.79. The van der Waals surface area contributed by atoms with E-state index in [-0.39, 0.29) is 18.9 Å². The Morgan fingerprint density at radius 1 is 0.487 bits per heavy atom. The van der Waals surface area contributed by atoms with E-state index in [9.17, 15) is 45.6 Å². The van der Waals surface area contributed by atoms with E-state index in [4.69, 9.17) is 18.9 Å². The lowest BCUT2D eigenvalue weighted by Gasteiger charge is -2.46. The molecule has 438 valence electrons. The Kier molecular flexibility index (Phi) is 42.9. The summed E-state index contributed by atoms with van der Waals surface area (Å²) in [7, 11) is 0. The predicted octanol–water partition coefficient (Wildman–Crippen LogP) is 10.1. The maximum atomic E-state index is 13.2. The van der Waals surface area contributed by atoms with E-state index >= 15 is 0 Å². The van der Waals surface area contributed by atoms with Crippen LogP contribution in [0.5, 0.6) is 0 Å². The first-order valence-corrected chi connectivity index (χ1v) is 29.8. The number of carbonyl (C=O) groups excluding carboxylic acids is 1. The molecule has 0 aromatic carbocycles. The van der Waals surface area contributed by atoms with Gasteiger partial charge < -0.3 is 65.1 Å². The Morgan fingerprint density at radius 3 is 1.39 bits per heavy atom. The third-order valence-corrected chi connectivity index (χ3v) is 14.1. The molecule has 9 N–H and O–H groups in total. The molecule has 12 atom stereocenters. The second-order valence-corrected chi connectivity index (χ2v) is 20.7. The van der Waals surface area contributed by atoms with Crippen molar-refractivity contribution in [3.05, 3.63) is 85.1 Å². The molecule has 0 bridgehead atoms. The molecule has 0 aromatic heterocycles. The van der Waals surface area contributed by atoms with Crippen LogP contribution in [0.3, 0.4) is 0 Å². The Balaban J connectivity index is 1.57. The van der Waals surface area contributed by atoms with Gasteiger partial charge >= 0.3 is 0 Å². The number of nitrogens with one attached hydrogen (secondary N) is 1. The Morgan fingerprint density at radius 2 is 0.908 bits per heavy atom. The number of hydrogen-bond acceptors (Lipinski definition) is 13. The van der Waals surface area contributed by atoms with Crippen molar-refractivity contribution in [2.24, 2.45) is 0 Å². The van der Waals surface area contributed by atoms with Gasteiger partial charge in [-0.1, -0.05) is 214 Å². The van der Waals surface area contributed by atoms with Crippen LogP contribution in [-0.4, -0.2) is 140 Å². The lowest BCUT2D eigenvalue weighted by molar-refractivity contribution is -0.359. The zero-order valence-electron chi connectivity index (χ0n) is 47.0. The highest BCUT2D eigenvalue weighted by Gasteiger charge is 2.51. The Hall–Kier alpha value is -2.83. The average molecular weight is 1070 g/mol. The van der Waals surface area contributed by atoms with Crippen LogP contribution >= 0.6 is 0 Å². The third kappa shape index (κ3) is 32.3. The summed E-state index contributed by atoms with van der Waals surface area (Å²) >= 11 is 0. The van der Waals surface area contributed by atoms with Crippen LogP contribution in [0.4, 0.5) is 0 Å². The lowest BCUT2D eigenvalue weighted by Crippen LogP contribution is -2.65. The molecule has 2 aliphatic heterocycles. The largest absolute Gasteiger partial charge is 0.394 e. The monoisotopic (exact) mass is 1070 g/mol. The minimum absolute atomic E-state index is 0.246. The molecule has 0 saturated carbocycles. The smallest absolute Gasteiger partial charge is 0.220 e. The van der Waals surface area contributed by atoms with Gasteiger partial charge in [0.15, 0.2) is 12.6 Å². The molecule has 0 aromatic rings. The number of allylic oxidation sites excluding steroid dienone is 13. The van der Waals surface area contributed by atoms with Gasteiger partial charge in [-0.3, -0.25) is 4.79 Å². The van der Waals surface area contributed by atoms with Gasteiger partial charge in [0.1, 0.15) is 48.8 Å². The molecule has 14 heteroatoms. The molecule has 12 unspecified atom stereocenters. The zero-order valence-corrected chi connectivity index (χ0v) is 47.0. The molecular formula is C62H107NO13. The number of carbonyl (C=O) groups is 1. The SMILES string of the molecule is CC/C=C\C/C=C\C/C=C\C/C=C\C/C=C\C/C=C\CCCCCCCCCCCCCCCCCCC(=O)NC(COC1OC(CO)C(OC2OC(CO)C(O)C(O)C2O)C(O)C1O)C(O)/C=C/CCCCCCC. The quantitative estimate of drug-likeness (QED) is 0.0205. The number of hydrogen-bond donors (Lipinski definition) is 9. The fourth-order valence-corrected chi connectivity index (χ4v) is 9.29. The summed E-state index contributed by atoms with van der Waals surface area (Å²) in [5.41, 5.74) is 0. The van der Waals surface area contributed by atoms with E-state index in [1.807, 2.05) is 6.08 Å². The first-order valence-electron chi connectivity index (χ1n) is 29.8. The van der Waals surface area contributed by atoms with Crippen LogP contribution in [0.2, 0.25) is 0 Å². The van der Waals surface area contributed by atoms with Gasteiger partial charge in [0, 0.05) is 6.42 Å². The number of aliphatic hydroxyl groups is 8. The van der Waals surface area contributed by atoms with Crippen LogP contribution in [0.15, 0.2) is 85.1 Å². The van der Waals surface area contributed by atoms with Crippen LogP contribution in [0.1, 0.15) is 206 Å². The molecule has 76 heavy (non-hydrogen) atoms. The molecule has 0 spiro atoms. The summed E-state index contributed by atoms with van der Waals surface area (Å²) in [5.74, 6) is -0.246. The van der Waals surface area contributed by atoms with Crippen molar-refractivity contribution in [1.29, 1.82) is 0 Å². The van der Waals surface area contributed by atoms with Crippen molar-refractivity contribution in [2.45, 2.75) is 280 Å². The van der Waals surface area contributed by atoms with Crippen molar-refractivity contribution in [3.8, 4) is 0 Å². The van der Waals surface area contributed by atoms with Crippen molar-refractivity contribution in [1.82, 2.24) is 5.32 Å². The fraction of sp³-hybridized carbons (Fsp3) is 0.758. The highest BCUT2D eigenvalue weighted by atomic mass is 16.7. The van der Waals surface area contributed by atoms with Gasteiger partial charge in [-0.25, -0.2) is 0 Å². The fourth-order valence-electron chi connectivity index (χ4n) is 9.29.